The first-order valence-corrected chi connectivity index (χ1v) is 5.22. The summed E-state index contributed by atoms with van der Waals surface area (Å²) < 4.78 is 5.41. The van der Waals surface area contributed by atoms with E-state index in [-0.39, 0.29) is 18.1 Å². The number of aromatic nitrogens is 1. The Morgan fingerprint density at radius 2 is 2.12 bits per heavy atom. The van der Waals surface area contributed by atoms with Crippen molar-refractivity contribution in [3.05, 3.63) is 24.4 Å². The van der Waals surface area contributed by atoms with Gasteiger partial charge in [-0.3, -0.25) is 9.69 Å². The Morgan fingerprint density at radius 3 is 2.62 bits per heavy atom. The minimum atomic E-state index is -0.305. The molecular formula is C12H18N2O2. The third kappa shape index (κ3) is 3.98. The van der Waals surface area contributed by atoms with E-state index in [1.54, 1.807) is 19.3 Å². The summed E-state index contributed by atoms with van der Waals surface area (Å²) in [6, 6.07) is 5.44. The van der Waals surface area contributed by atoms with Crippen molar-refractivity contribution in [3.63, 3.8) is 0 Å². The molecule has 1 aromatic rings. The highest BCUT2D eigenvalue weighted by molar-refractivity contribution is 5.92. The lowest BCUT2D eigenvalue weighted by Gasteiger charge is -2.22. The number of carbonyl (C=O) groups is 1. The largest absolute Gasteiger partial charge is 0.366 e. The molecule has 0 aliphatic carbocycles. The SMILES string of the molecule is CN(C(=O)COC(C)(C)C)c1ccccn1. The first-order valence-electron chi connectivity index (χ1n) is 5.22. The monoisotopic (exact) mass is 222 g/mol. The Bertz CT molecular complexity index is 344. The molecule has 0 aliphatic rings. The average molecular weight is 222 g/mol. The molecule has 0 bridgehead atoms. The number of hydrogen-bond acceptors (Lipinski definition) is 3. The smallest absolute Gasteiger partial charge is 0.253 e. The fourth-order valence-electron chi connectivity index (χ4n) is 1.05. The molecule has 1 rings (SSSR count). The molecule has 0 N–H and O–H groups in total. The van der Waals surface area contributed by atoms with Gasteiger partial charge < -0.3 is 4.74 Å². The zero-order chi connectivity index (χ0) is 12.2. The Labute approximate surface area is 96.2 Å². The third-order valence-corrected chi connectivity index (χ3v) is 2.00. The van der Waals surface area contributed by atoms with Crippen LogP contribution in [0.3, 0.4) is 0 Å². The first kappa shape index (κ1) is 12.6. The molecule has 0 fully saturated rings. The summed E-state index contributed by atoms with van der Waals surface area (Å²) in [6.07, 6.45) is 1.66. The molecule has 0 spiro atoms. The summed E-state index contributed by atoms with van der Waals surface area (Å²) in [5.41, 5.74) is -0.305. The van der Waals surface area contributed by atoms with Gasteiger partial charge in [-0.25, -0.2) is 4.98 Å². The van der Waals surface area contributed by atoms with Crippen LogP contribution < -0.4 is 4.90 Å². The fraction of sp³-hybridized carbons (Fsp3) is 0.500. The number of ether oxygens (including phenoxy) is 1. The molecular weight excluding hydrogens is 204 g/mol. The molecule has 0 atom stereocenters. The standard InChI is InChI=1S/C12H18N2O2/c1-12(2,3)16-9-11(15)14(4)10-7-5-6-8-13-10/h5-8H,9H2,1-4H3. The van der Waals surface area contributed by atoms with E-state index in [1.165, 1.54) is 4.90 Å². The van der Waals surface area contributed by atoms with Crippen molar-refractivity contribution in [2.24, 2.45) is 0 Å². The zero-order valence-electron chi connectivity index (χ0n) is 10.2. The third-order valence-electron chi connectivity index (χ3n) is 2.00. The Hall–Kier alpha value is -1.42. The predicted octanol–water partition coefficient (Wildman–Crippen LogP) is 1.86. The van der Waals surface area contributed by atoms with Crippen molar-refractivity contribution in [2.45, 2.75) is 26.4 Å². The number of nitrogens with zero attached hydrogens (tertiary/aromatic N) is 2. The number of amides is 1. The second-order valence-electron chi connectivity index (χ2n) is 4.54. The highest BCUT2D eigenvalue weighted by Crippen LogP contribution is 2.10. The molecule has 0 aliphatic heterocycles. The topological polar surface area (TPSA) is 42.4 Å². The van der Waals surface area contributed by atoms with E-state index >= 15 is 0 Å². The maximum atomic E-state index is 11.8. The van der Waals surface area contributed by atoms with Gasteiger partial charge in [0.1, 0.15) is 12.4 Å². The van der Waals surface area contributed by atoms with Crippen molar-refractivity contribution in [3.8, 4) is 0 Å². The van der Waals surface area contributed by atoms with Gasteiger partial charge in [0.25, 0.3) is 5.91 Å². The van der Waals surface area contributed by atoms with Crippen molar-refractivity contribution in [1.82, 2.24) is 4.98 Å². The van der Waals surface area contributed by atoms with Gasteiger partial charge in [0.2, 0.25) is 0 Å². The number of rotatable bonds is 3. The quantitative estimate of drug-likeness (QED) is 0.784. The van der Waals surface area contributed by atoms with E-state index in [4.69, 9.17) is 4.74 Å². The van der Waals surface area contributed by atoms with E-state index in [9.17, 15) is 4.79 Å². The van der Waals surface area contributed by atoms with Gasteiger partial charge in [0, 0.05) is 13.2 Å². The van der Waals surface area contributed by atoms with Gasteiger partial charge in [-0.05, 0) is 32.9 Å². The highest BCUT2D eigenvalue weighted by atomic mass is 16.5. The number of pyridine rings is 1. The van der Waals surface area contributed by atoms with Crippen molar-refractivity contribution >= 4 is 11.7 Å². The van der Waals surface area contributed by atoms with Gasteiger partial charge >= 0.3 is 0 Å². The van der Waals surface area contributed by atoms with Gasteiger partial charge in [-0.15, -0.1) is 0 Å². The van der Waals surface area contributed by atoms with Gasteiger partial charge in [-0.1, -0.05) is 6.07 Å². The Balaban J connectivity index is 2.55. The molecule has 0 saturated heterocycles. The van der Waals surface area contributed by atoms with Crippen molar-refractivity contribution in [2.75, 3.05) is 18.6 Å². The summed E-state index contributed by atoms with van der Waals surface area (Å²) >= 11 is 0. The molecule has 0 radical (unpaired) electrons. The van der Waals surface area contributed by atoms with E-state index in [0.717, 1.165) is 0 Å². The average Bonchev–Trinajstić information content (AvgIpc) is 2.25. The second-order valence-corrected chi connectivity index (χ2v) is 4.54. The van der Waals surface area contributed by atoms with Crippen LogP contribution in [0.2, 0.25) is 0 Å². The van der Waals surface area contributed by atoms with Crippen molar-refractivity contribution in [1.29, 1.82) is 0 Å². The minimum absolute atomic E-state index is 0.0660. The lowest BCUT2D eigenvalue weighted by atomic mass is 10.2. The number of hydrogen-bond donors (Lipinski definition) is 0. The molecule has 88 valence electrons. The Morgan fingerprint density at radius 1 is 1.44 bits per heavy atom. The molecule has 16 heavy (non-hydrogen) atoms. The first-order chi connectivity index (χ1) is 7.40. The van der Waals surface area contributed by atoms with Crippen LogP contribution in [-0.4, -0.2) is 30.1 Å². The fourth-order valence-corrected chi connectivity index (χ4v) is 1.05. The van der Waals surface area contributed by atoms with Gasteiger partial charge in [-0.2, -0.15) is 0 Å². The summed E-state index contributed by atoms with van der Waals surface area (Å²) in [7, 11) is 1.69. The lowest BCUT2D eigenvalue weighted by molar-refractivity contribution is -0.127. The maximum Gasteiger partial charge on any atom is 0.253 e. The van der Waals surface area contributed by atoms with E-state index in [2.05, 4.69) is 4.98 Å². The molecule has 1 aromatic heterocycles. The molecule has 4 nitrogen and oxygen atoms in total. The molecule has 0 aromatic carbocycles. The normalized spacial score (nSPS) is 11.2. The van der Waals surface area contributed by atoms with Gasteiger partial charge in [0.05, 0.1) is 5.60 Å². The van der Waals surface area contributed by atoms with Crippen LogP contribution in [0.4, 0.5) is 5.82 Å². The molecule has 4 heteroatoms. The van der Waals surface area contributed by atoms with E-state index < -0.39 is 0 Å². The van der Waals surface area contributed by atoms with Crippen LogP contribution in [-0.2, 0) is 9.53 Å². The van der Waals surface area contributed by atoms with Crippen LogP contribution >= 0.6 is 0 Å². The summed E-state index contributed by atoms with van der Waals surface area (Å²) in [6.45, 7) is 5.82. The van der Waals surface area contributed by atoms with Crippen LogP contribution in [0.15, 0.2) is 24.4 Å². The van der Waals surface area contributed by atoms with Gasteiger partial charge in [0.15, 0.2) is 0 Å². The van der Waals surface area contributed by atoms with Crippen LogP contribution in [0.25, 0.3) is 0 Å². The molecule has 1 heterocycles. The van der Waals surface area contributed by atoms with Crippen LogP contribution in [0, 0.1) is 0 Å². The van der Waals surface area contributed by atoms with Crippen LogP contribution in [0.1, 0.15) is 20.8 Å². The summed E-state index contributed by atoms with van der Waals surface area (Å²) in [5.74, 6) is 0.527. The Kier molecular flexibility index (Phi) is 4.01. The van der Waals surface area contributed by atoms with Crippen molar-refractivity contribution < 1.29 is 9.53 Å². The zero-order valence-corrected chi connectivity index (χ0v) is 10.2. The maximum absolute atomic E-state index is 11.8. The molecule has 1 amide bonds. The second kappa shape index (κ2) is 5.07. The van der Waals surface area contributed by atoms with E-state index in [1.807, 2.05) is 32.9 Å². The van der Waals surface area contributed by atoms with Crippen LogP contribution in [0.5, 0.6) is 0 Å². The summed E-state index contributed by atoms with van der Waals surface area (Å²) in [4.78, 5) is 17.3. The number of carbonyl (C=O) groups excluding carboxylic acids is 1. The lowest BCUT2D eigenvalue weighted by Crippen LogP contribution is -2.34. The number of likely N-dealkylation sites (N-methyl/N-ethyl adjacent to an activating group) is 1. The number of anilines is 1. The predicted molar refractivity (Wildman–Crippen MR) is 63.4 cm³/mol. The highest BCUT2D eigenvalue weighted by Gasteiger charge is 2.16. The minimum Gasteiger partial charge on any atom is -0.366 e. The molecule has 0 unspecified atom stereocenters. The molecule has 0 saturated carbocycles. The van der Waals surface area contributed by atoms with E-state index in [0.29, 0.717) is 5.82 Å². The summed E-state index contributed by atoms with van der Waals surface area (Å²) in [5, 5.41) is 0.